The maximum Gasteiger partial charge on any atom is 0.242 e. The zero-order chi connectivity index (χ0) is 22.0. The van der Waals surface area contributed by atoms with Gasteiger partial charge in [-0.1, -0.05) is 62.2 Å². The maximum atomic E-state index is 13.3. The van der Waals surface area contributed by atoms with Crippen LogP contribution in [0.4, 0.5) is 0 Å². The summed E-state index contributed by atoms with van der Waals surface area (Å²) in [6, 6.07) is 16.7. The molecule has 0 aromatic heterocycles. The van der Waals surface area contributed by atoms with Gasteiger partial charge in [-0.2, -0.15) is 12.6 Å². The lowest BCUT2D eigenvalue weighted by Crippen LogP contribution is -2.53. The van der Waals surface area contributed by atoms with Gasteiger partial charge in [-0.05, 0) is 36.1 Å². The van der Waals surface area contributed by atoms with E-state index in [1.807, 2.05) is 54.6 Å². The molecule has 5 nitrogen and oxygen atoms in total. The minimum Gasteiger partial charge on any atom is -0.497 e. The summed E-state index contributed by atoms with van der Waals surface area (Å²) in [5, 5.41) is 5.61. The second-order valence-corrected chi connectivity index (χ2v) is 8.35. The fourth-order valence-electron chi connectivity index (χ4n) is 3.36. The van der Waals surface area contributed by atoms with Crippen LogP contribution in [0.2, 0.25) is 0 Å². The molecule has 0 radical (unpaired) electrons. The number of thiol groups is 1. The monoisotopic (exact) mass is 428 g/mol. The highest BCUT2D eigenvalue weighted by atomic mass is 32.1. The molecule has 2 rings (SSSR count). The minimum atomic E-state index is -0.885. The van der Waals surface area contributed by atoms with Gasteiger partial charge < -0.3 is 15.4 Å². The molecule has 0 fully saturated rings. The first-order valence-electron chi connectivity index (χ1n) is 10.3. The van der Waals surface area contributed by atoms with Crippen molar-refractivity contribution >= 4 is 24.4 Å². The number of carbonyl (C=O) groups excluding carboxylic acids is 2. The molecular formula is C24H32N2O3S. The van der Waals surface area contributed by atoms with Crippen molar-refractivity contribution in [3.63, 3.8) is 0 Å². The highest BCUT2D eigenvalue weighted by Gasteiger charge is 2.36. The van der Waals surface area contributed by atoms with Crippen molar-refractivity contribution in [3.8, 4) is 5.75 Å². The lowest BCUT2D eigenvalue weighted by molar-refractivity contribution is -0.130. The topological polar surface area (TPSA) is 67.4 Å². The van der Waals surface area contributed by atoms with E-state index >= 15 is 0 Å². The van der Waals surface area contributed by atoms with Crippen LogP contribution < -0.4 is 15.4 Å². The van der Waals surface area contributed by atoms with E-state index in [4.69, 9.17) is 17.4 Å². The van der Waals surface area contributed by atoms with Crippen LogP contribution in [0.3, 0.4) is 0 Å². The first-order valence-corrected chi connectivity index (χ1v) is 10.8. The van der Waals surface area contributed by atoms with E-state index in [1.165, 1.54) is 0 Å². The van der Waals surface area contributed by atoms with Gasteiger partial charge >= 0.3 is 0 Å². The lowest BCUT2D eigenvalue weighted by Gasteiger charge is -2.30. The van der Waals surface area contributed by atoms with Gasteiger partial charge in [0.1, 0.15) is 11.8 Å². The number of likely N-dealkylation sites (N-methyl/N-ethyl adjacent to an activating group) is 1. The molecule has 2 aromatic carbocycles. The zero-order valence-corrected chi connectivity index (χ0v) is 18.9. The van der Waals surface area contributed by atoms with Gasteiger partial charge in [-0.15, -0.1) is 0 Å². The Morgan fingerprint density at radius 3 is 2.30 bits per heavy atom. The number of ether oxygens (including phenoxy) is 1. The quantitative estimate of drug-likeness (QED) is 0.479. The number of amides is 2. The van der Waals surface area contributed by atoms with Crippen molar-refractivity contribution in [1.29, 1.82) is 0 Å². The fraction of sp³-hybridized carbons (Fsp3) is 0.417. The van der Waals surface area contributed by atoms with Crippen molar-refractivity contribution in [2.75, 3.05) is 14.2 Å². The third kappa shape index (κ3) is 6.80. The standard InChI is InChI=1S/C24H32N2O3S/c1-4-5-15-24(30,17-19-9-7-6-8-10-19)23(28)26-21(22(27)25-2)16-18-11-13-20(29-3)14-12-18/h6-14,21,30H,4-5,15-17H2,1-3H3,(H,25,27)(H,26,28). The lowest BCUT2D eigenvalue weighted by atomic mass is 9.91. The predicted octanol–water partition coefficient (Wildman–Crippen LogP) is 3.57. The molecule has 30 heavy (non-hydrogen) atoms. The number of unbranched alkanes of at least 4 members (excludes halogenated alkanes) is 1. The van der Waals surface area contributed by atoms with Crippen molar-refractivity contribution < 1.29 is 14.3 Å². The largest absolute Gasteiger partial charge is 0.497 e. The molecule has 6 heteroatoms. The van der Waals surface area contributed by atoms with Gasteiger partial charge in [0, 0.05) is 13.5 Å². The molecule has 0 heterocycles. The first kappa shape index (κ1) is 23.8. The summed E-state index contributed by atoms with van der Waals surface area (Å²) in [5.74, 6) is 0.298. The summed E-state index contributed by atoms with van der Waals surface area (Å²) in [5.41, 5.74) is 1.98. The van der Waals surface area contributed by atoms with E-state index in [0.29, 0.717) is 19.3 Å². The summed E-state index contributed by atoms with van der Waals surface area (Å²) in [7, 11) is 3.18. The third-order valence-corrected chi connectivity index (χ3v) is 5.76. The second-order valence-electron chi connectivity index (χ2n) is 7.49. The Kier molecular flexibility index (Phi) is 9.24. The zero-order valence-electron chi connectivity index (χ0n) is 18.0. The number of hydrogen-bond acceptors (Lipinski definition) is 4. The van der Waals surface area contributed by atoms with Crippen LogP contribution in [0.25, 0.3) is 0 Å². The molecule has 2 aromatic rings. The van der Waals surface area contributed by atoms with Gasteiger partial charge in [0.15, 0.2) is 0 Å². The maximum absolute atomic E-state index is 13.3. The van der Waals surface area contributed by atoms with Gasteiger partial charge in [0.05, 0.1) is 11.9 Å². The minimum absolute atomic E-state index is 0.217. The molecule has 2 unspecified atom stereocenters. The van der Waals surface area contributed by atoms with Crippen molar-refractivity contribution in [3.05, 3.63) is 65.7 Å². The molecule has 2 N–H and O–H groups in total. The summed E-state index contributed by atoms with van der Waals surface area (Å²) in [6.45, 7) is 2.09. The molecule has 2 amide bonds. The average Bonchev–Trinajstić information content (AvgIpc) is 2.77. The Balaban J connectivity index is 2.19. The molecule has 0 aliphatic heterocycles. The second kappa shape index (κ2) is 11.6. The molecular weight excluding hydrogens is 396 g/mol. The summed E-state index contributed by atoms with van der Waals surface area (Å²) >= 11 is 4.82. The van der Waals surface area contributed by atoms with Crippen LogP contribution in [0.5, 0.6) is 5.75 Å². The average molecular weight is 429 g/mol. The van der Waals surface area contributed by atoms with Crippen LogP contribution in [0.1, 0.15) is 37.3 Å². The molecule has 0 aliphatic carbocycles. The normalized spacial score (nSPS) is 13.7. The summed E-state index contributed by atoms with van der Waals surface area (Å²) in [4.78, 5) is 25.8. The van der Waals surface area contributed by atoms with Crippen molar-refractivity contribution in [2.24, 2.45) is 0 Å². The number of rotatable bonds is 11. The molecule has 162 valence electrons. The van der Waals surface area contributed by atoms with Gasteiger partial charge in [0.2, 0.25) is 11.8 Å². The molecule has 0 saturated carbocycles. The Labute approximate surface area is 185 Å². The van der Waals surface area contributed by atoms with Crippen LogP contribution in [0, 0.1) is 0 Å². The van der Waals surface area contributed by atoms with Crippen LogP contribution in [-0.2, 0) is 22.4 Å². The summed E-state index contributed by atoms with van der Waals surface area (Å²) < 4.78 is 4.30. The Morgan fingerprint density at radius 1 is 1.07 bits per heavy atom. The van der Waals surface area contributed by atoms with Crippen molar-refractivity contribution in [1.82, 2.24) is 10.6 Å². The number of nitrogens with one attached hydrogen (secondary N) is 2. The Bertz CT molecular complexity index is 811. The molecule has 0 bridgehead atoms. The summed E-state index contributed by atoms with van der Waals surface area (Å²) in [6.07, 6.45) is 3.38. The van der Waals surface area contributed by atoms with E-state index in [2.05, 4.69) is 17.6 Å². The SMILES string of the molecule is CCCCC(S)(Cc1ccccc1)C(=O)NC(Cc1ccc(OC)cc1)C(=O)NC. The Hall–Kier alpha value is -2.47. The van der Waals surface area contributed by atoms with Crippen molar-refractivity contribution in [2.45, 2.75) is 49.8 Å². The van der Waals surface area contributed by atoms with Gasteiger partial charge in [0.25, 0.3) is 0 Å². The van der Waals surface area contributed by atoms with E-state index in [-0.39, 0.29) is 11.8 Å². The predicted molar refractivity (Wildman–Crippen MR) is 124 cm³/mol. The number of benzene rings is 2. The molecule has 2 atom stereocenters. The van der Waals surface area contributed by atoms with E-state index in [0.717, 1.165) is 29.7 Å². The van der Waals surface area contributed by atoms with Crippen LogP contribution in [0.15, 0.2) is 54.6 Å². The molecule has 0 saturated heterocycles. The number of methoxy groups -OCH3 is 1. The van der Waals surface area contributed by atoms with Crippen LogP contribution >= 0.6 is 12.6 Å². The molecule has 0 aliphatic rings. The van der Waals surface area contributed by atoms with Gasteiger partial charge in [-0.25, -0.2) is 0 Å². The third-order valence-electron chi connectivity index (χ3n) is 5.17. The van der Waals surface area contributed by atoms with E-state index < -0.39 is 10.8 Å². The molecule has 0 spiro atoms. The smallest absolute Gasteiger partial charge is 0.242 e. The Morgan fingerprint density at radius 2 is 1.73 bits per heavy atom. The van der Waals surface area contributed by atoms with E-state index in [1.54, 1.807) is 14.2 Å². The number of hydrogen-bond donors (Lipinski definition) is 3. The van der Waals surface area contributed by atoms with Gasteiger partial charge in [-0.3, -0.25) is 9.59 Å². The first-order chi connectivity index (χ1) is 14.4. The fourth-order valence-corrected chi connectivity index (χ4v) is 3.76. The highest BCUT2D eigenvalue weighted by molar-refractivity contribution is 7.82. The number of carbonyl (C=O) groups is 2. The van der Waals surface area contributed by atoms with E-state index in [9.17, 15) is 9.59 Å². The van der Waals surface area contributed by atoms with Crippen LogP contribution in [-0.4, -0.2) is 36.8 Å². The highest BCUT2D eigenvalue weighted by Crippen LogP contribution is 2.28.